The molecule has 5 nitrogen and oxygen atoms in total. The first-order valence-electron chi connectivity index (χ1n) is 10.2. The SMILES string of the molecule is COC(=O)C1=C2C(C)=CC(C)=CC(C)=C2C(C)=CC=C1C(=O)CS(=O)(=O)c1ccccc1. The topological polar surface area (TPSA) is 77.5 Å². The highest BCUT2D eigenvalue weighted by molar-refractivity contribution is 7.92. The number of sulfone groups is 1. The molecule has 2 aliphatic carbocycles. The summed E-state index contributed by atoms with van der Waals surface area (Å²) in [6, 6.07) is 7.81. The van der Waals surface area contributed by atoms with E-state index in [0.717, 1.165) is 27.9 Å². The van der Waals surface area contributed by atoms with E-state index in [-0.39, 0.29) is 16.0 Å². The average Bonchev–Trinajstić information content (AvgIpc) is 2.96. The Kier molecular flexibility index (Phi) is 6.65. The molecule has 3 rings (SSSR count). The highest BCUT2D eigenvalue weighted by Gasteiger charge is 2.32. The van der Waals surface area contributed by atoms with Crippen molar-refractivity contribution in [2.45, 2.75) is 32.6 Å². The van der Waals surface area contributed by atoms with Crippen molar-refractivity contribution < 1.29 is 22.7 Å². The van der Waals surface area contributed by atoms with Gasteiger partial charge in [0.25, 0.3) is 0 Å². The fraction of sp³-hybridized carbons (Fsp3) is 0.231. The average molecular weight is 451 g/mol. The lowest BCUT2D eigenvalue weighted by atomic mass is 9.86. The van der Waals surface area contributed by atoms with Crippen LogP contribution in [0, 0.1) is 0 Å². The maximum atomic E-state index is 13.3. The molecule has 0 unspecified atom stereocenters. The monoisotopic (exact) mass is 450 g/mol. The van der Waals surface area contributed by atoms with Crippen molar-refractivity contribution in [3.05, 3.63) is 99.2 Å². The summed E-state index contributed by atoms with van der Waals surface area (Å²) in [7, 11) is -2.63. The summed E-state index contributed by atoms with van der Waals surface area (Å²) >= 11 is 0. The Bertz CT molecular complexity index is 1280. The van der Waals surface area contributed by atoms with Crippen LogP contribution in [0.25, 0.3) is 0 Å². The highest BCUT2D eigenvalue weighted by Crippen LogP contribution is 2.39. The Morgan fingerprint density at radius 3 is 2.16 bits per heavy atom. The number of ether oxygens (including phenoxy) is 1. The van der Waals surface area contributed by atoms with E-state index in [0.29, 0.717) is 5.57 Å². The third kappa shape index (κ3) is 4.50. The number of methoxy groups -OCH3 is 1. The van der Waals surface area contributed by atoms with Crippen LogP contribution in [0.2, 0.25) is 0 Å². The van der Waals surface area contributed by atoms with Crippen molar-refractivity contribution in [1.29, 1.82) is 0 Å². The third-order valence-electron chi connectivity index (χ3n) is 5.45. The lowest BCUT2D eigenvalue weighted by molar-refractivity contribution is -0.136. The normalized spacial score (nSPS) is 16.8. The standard InChI is InChI=1S/C26H26O5S/c1-16-13-18(3)23-17(2)11-12-21(25(26(28)31-5)24(23)19(4)14-16)22(27)15-32(29,30)20-9-7-6-8-10-20/h6-14H,15H2,1-5H3. The molecule has 0 atom stereocenters. The zero-order valence-corrected chi connectivity index (χ0v) is 19.7. The summed E-state index contributed by atoms with van der Waals surface area (Å²) in [5, 5.41) is 0. The molecule has 0 radical (unpaired) electrons. The molecular formula is C26H26O5S. The summed E-state index contributed by atoms with van der Waals surface area (Å²) in [6.07, 6.45) is 7.23. The third-order valence-corrected chi connectivity index (χ3v) is 7.09. The molecule has 0 fully saturated rings. The Hall–Kier alpha value is -3.25. The van der Waals surface area contributed by atoms with E-state index in [9.17, 15) is 18.0 Å². The summed E-state index contributed by atoms with van der Waals surface area (Å²) in [6.45, 7) is 7.68. The van der Waals surface area contributed by atoms with Crippen LogP contribution in [0.15, 0.2) is 104 Å². The molecule has 0 saturated carbocycles. The van der Waals surface area contributed by atoms with Gasteiger partial charge in [0.15, 0.2) is 15.6 Å². The van der Waals surface area contributed by atoms with E-state index in [4.69, 9.17) is 4.74 Å². The van der Waals surface area contributed by atoms with Crippen molar-refractivity contribution in [3.8, 4) is 0 Å². The Balaban J connectivity index is 2.22. The largest absolute Gasteiger partial charge is 0.465 e. The van der Waals surface area contributed by atoms with Gasteiger partial charge in [0.2, 0.25) is 0 Å². The molecule has 32 heavy (non-hydrogen) atoms. The van der Waals surface area contributed by atoms with Gasteiger partial charge in [-0.15, -0.1) is 0 Å². The van der Waals surface area contributed by atoms with Gasteiger partial charge >= 0.3 is 5.97 Å². The number of benzene rings is 1. The molecule has 0 spiro atoms. The number of hydrogen-bond donors (Lipinski definition) is 0. The molecule has 0 aliphatic heterocycles. The number of fused-ring (bicyclic) bond motifs is 1. The molecule has 166 valence electrons. The van der Waals surface area contributed by atoms with Crippen molar-refractivity contribution >= 4 is 21.6 Å². The lowest BCUT2D eigenvalue weighted by Crippen LogP contribution is -2.23. The van der Waals surface area contributed by atoms with E-state index in [2.05, 4.69) is 0 Å². The number of allylic oxidation sites excluding steroid dienone is 10. The van der Waals surface area contributed by atoms with Crippen LogP contribution in [0.5, 0.6) is 0 Å². The van der Waals surface area contributed by atoms with Gasteiger partial charge in [0.1, 0.15) is 5.75 Å². The molecule has 0 saturated heterocycles. The molecule has 6 heteroatoms. The number of Topliss-reactive ketones (excluding diaryl/α,β-unsaturated/α-hetero) is 1. The van der Waals surface area contributed by atoms with Gasteiger partial charge in [0.05, 0.1) is 17.6 Å². The van der Waals surface area contributed by atoms with Gasteiger partial charge < -0.3 is 4.74 Å². The molecule has 1 aromatic carbocycles. The Morgan fingerprint density at radius 2 is 1.53 bits per heavy atom. The second-order valence-electron chi connectivity index (χ2n) is 7.94. The zero-order valence-electron chi connectivity index (χ0n) is 18.9. The van der Waals surface area contributed by atoms with Gasteiger partial charge in [-0.25, -0.2) is 13.2 Å². The smallest absolute Gasteiger partial charge is 0.339 e. The molecule has 0 heterocycles. The van der Waals surface area contributed by atoms with Crippen LogP contribution >= 0.6 is 0 Å². The number of hydrogen-bond acceptors (Lipinski definition) is 5. The van der Waals surface area contributed by atoms with Crippen LogP contribution in [0.3, 0.4) is 0 Å². The van der Waals surface area contributed by atoms with Crippen LogP contribution in [0.1, 0.15) is 27.7 Å². The van der Waals surface area contributed by atoms with E-state index >= 15 is 0 Å². The minimum atomic E-state index is -3.88. The van der Waals surface area contributed by atoms with Gasteiger partial charge in [0, 0.05) is 11.1 Å². The number of carbonyl (C=O) groups excluding carboxylic acids is 2. The van der Waals surface area contributed by atoms with E-state index in [1.807, 2.05) is 39.8 Å². The molecular weight excluding hydrogens is 424 g/mol. The molecule has 0 amide bonds. The maximum Gasteiger partial charge on any atom is 0.339 e. The number of ketones is 1. The Morgan fingerprint density at radius 1 is 0.875 bits per heavy atom. The summed E-state index contributed by atoms with van der Waals surface area (Å²) in [5.41, 5.74) is 5.15. The van der Waals surface area contributed by atoms with E-state index in [1.54, 1.807) is 24.3 Å². The minimum Gasteiger partial charge on any atom is -0.465 e. The predicted octanol–water partition coefficient (Wildman–Crippen LogP) is 4.61. The van der Waals surface area contributed by atoms with Gasteiger partial charge in [-0.1, -0.05) is 48.1 Å². The van der Waals surface area contributed by atoms with Gasteiger partial charge in [-0.3, -0.25) is 4.79 Å². The fourth-order valence-corrected chi connectivity index (χ4v) is 5.35. The van der Waals surface area contributed by atoms with Crippen LogP contribution in [0.4, 0.5) is 0 Å². The molecule has 0 bridgehead atoms. The molecule has 0 N–H and O–H groups in total. The number of carbonyl (C=O) groups is 2. The second kappa shape index (κ2) is 9.09. The summed E-state index contributed by atoms with van der Waals surface area (Å²) in [5.74, 6) is -2.09. The van der Waals surface area contributed by atoms with Crippen molar-refractivity contribution in [1.82, 2.24) is 0 Å². The Labute approximate surface area is 189 Å². The van der Waals surface area contributed by atoms with Crippen LogP contribution in [-0.4, -0.2) is 33.0 Å². The van der Waals surface area contributed by atoms with Gasteiger partial charge in [-0.2, -0.15) is 0 Å². The fourth-order valence-electron chi connectivity index (χ4n) is 4.11. The van der Waals surface area contributed by atoms with E-state index < -0.39 is 27.3 Å². The quantitative estimate of drug-likeness (QED) is 0.613. The summed E-state index contributed by atoms with van der Waals surface area (Å²) < 4.78 is 30.8. The molecule has 2 aliphatic rings. The first-order chi connectivity index (χ1) is 15.1. The van der Waals surface area contributed by atoms with Crippen molar-refractivity contribution in [3.63, 3.8) is 0 Å². The highest BCUT2D eigenvalue weighted by atomic mass is 32.2. The second-order valence-corrected chi connectivity index (χ2v) is 9.93. The minimum absolute atomic E-state index is 0.0285. The number of esters is 1. The molecule has 1 aromatic rings. The maximum absolute atomic E-state index is 13.3. The van der Waals surface area contributed by atoms with Crippen molar-refractivity contribution in [2.75, 3.05) is 12.9 Å². The van der Waals surface area contributed by atoms with Gasteiger partial charge in [-0.05, 0) is 62.1 Å². The molecule has 0 aromatic heterocycles. The van der Waals surface area contributed by atoms with Crippen molar-refractivity contribution in [2.24, 2.45) is 0 Å². The predicted molar refractivity (Wildman–Crippen MR) is 125 cm³/mol. The van der Waals surface area contributed by atoms with E-state index in [1.165, 1.54) is 25.3 Å². The first kappa shape index (κ1) is 23.4. The summed E-state index contributed by atoms with van der Waals surface area (Å²) in [4.78, 5) is 26.3. The zero-order chi connectivity index (χ0) is 23.6. The number of rotatable bonds is 5. The van der Waals surface area contributed by atoms with Crippen LogP contribution in [-0.2, 0) is 24.2 Å². The first-order valence-corrected chi connectivity index (χ1v) is 11.8. The van der Waals surface area contributed by atoms with Crippen LogP contribution < -0.4 is 0 Å². The lowest BCUT2D eigenvalue weighted by Gasteiger charge is -2.19.